The van der Waals surface area contributed by atoms with Crippen LogP contribution in [0, 0.1) is 13.8 Å². The van der Waals surface area contributed by atoms with Crippen molar-refractivity contribution in [1.82, 2.24) is 0 Å². The van der Waals surface area contributed by atoms with E-state index in [1.165, 1.54) is 6.26 Å². The molecule has 3 nitrogen and oxygen atoms in total. The molecule has 0 aliphatic rings. The fourth-order valence-electron chi connectivity index (χ4n) is 2.44. The fourth-order valence-corrected chi connectivity index (χ4v) is 2.44. The predicted molar refractivity (Wildman–Crippen MR) is 82.0 cm³/mol. The van der Waals surface area contributed by atoms with Crippen LogP contribution in [0.2, 0.25) is 0 Å². The second-order valence-electron chi connectivity index (χ2n) is 5.08. The quantitative estimate of drug-likeness (QED) is 0.668. The first-order valence-electron chi connectivity index (χ1n) is 6.85. The Morgan fingerprint density at radius 3 is 2.52 bits per heavy atom. The van der Waals surface area contributed by atoms with E-state index >= 15 is 0 Å². The molecule has 0 bridgehead atoms. The molecule has 3 rings (SSSR count). The third kappa shape index (κ3) is 2.55. The summed E-state index contributed by atoms with van der Waals surface area (Å²) in [6.45, 7) is 3.95. The second kappa shape index (κ2) is 5.44. The fraction of sp³-hybridized carbons (Fsp3) is 0.167. The standard InChI is InChI=1S/C18H16O3/c1-12-6-5-7-13(2)18(12)21-11-16(19)15-10-20-17-9-4-3-8-14(15)17/h3-10H,11H2,1-2H3. The number of aryl methyl sites for hydroxylation is 2. The van der Waals surface area contributed by atoms with Crippen LogP contribution in [0.3, 0.4) is 0 Å². The van der Waals surface area contributed by atoms with Gasteiger partial charge in [-0.2, -0.15) is 0 Å². The summed E-state index contributed by atoms with van der Waals surface area (Å²) < 4.78 is 11.1. The number of hydrogen-bond acceptors (Lipinski definition) is 3. The number of ether oxygens (including phenoxy) is 1. The summed E-state index contributed by atoms with van der Waals surface area (Å²) in [7, 11) is 0. The Bertz CT molecular complexity index is 779. The van der Waals surface area contributed by atoms with Gasteiger partial charge in [-0.05, 0) is 31.0 Å². The second-order valence-corrected chi connectivity index (χ2v) is 5.08. The van der Waals surface area contributed by atoms with Crippen molar-refractivity contribution in [2.45, 2.75) is 13.8 Å². The average Bonchev–Trinajstić information content (AvgIpc) is 2.90. The molecule has 0 unspecified atom stereocenters. The molecule has 0 radical (unpaired) electrons. The highest BCUT2D eigenvalue weighted by molar-refractivity contribution is 6.07. The Morgan fingerprint density at radius 1 is 1.05 bits per heavy atom. The van der Waals surface area contributed by atoms with Crippen LogP contribution >= 0.6 is 0 Å². The van der Waals surface area contributed by atoms with Crippen molar-refractivity contribution < 1.29 is 13.9 Å². The average molecular weight is 280 g/mol. The van der Waals surface area contributed by atoms with Gasteiger partial charge in [0.05, 0.1) is 5.56 Å². The Balaban J connectivity index is 1.81. The van der Waals surface area contributed by atoms with Crippen LogP contribution in [0.25, 0.3) is 11.0 Å². The lowest BCUT2D eigenvalue weighted by Gasteiger charge is -2.10. The maximum absolute atomic E-state index is 12.3. The minimum atomic E-state index is -0.0809. The Morgan fingerprint density at radius 2 is 1.76 bits per heavy atom. The molecule has 0 atom stereocenters. The van der Waals surface area contributed by atoms with Crippen LogP contribution in [-0.4, -0.2) is 12.4 Å². The van der Waals surface area contributed by atoms with E-state index in [0.717, 1.165) is 22.3 Å². The van der Waals surface area contributed by atoms with Gasteiger partial charge in [0.15, 0.2) is 6.61 Å². The van der Waals surface area contributed by atoms with E-state index < -0.39 is 0 Å². The predicted octanol–water partition coefficient (Wildman–Crippen LogP) is 4.31. The molecule has 106 valence electrons. The van der Waals surface area contributed by atoms with Crippen LogP contribution in [0.15, 0.2) is 53.1 Å². The Kier molecular flexibility index (Phi) is 3.48. The summed E-state index contributed by atoms with van der Waals surface area (Å²) in [5.74, 6) is 0.696. The highest BCUT2D eigenvalue weighted by Gasteiger charge is 2.15. The van der Waals surface area contributed by atoms with Crippen LogP contribution in [0.4, 0.5) is 0 Å². The molecule has 0 spiro atoms. The summed E-state index contributed by atoms with van der Waals surface area (Å²) in [6, 6.07) is 13.4. The molecule has 0 amide bonds. The summed E-state index contributed by atoms with van der Waals surface area (Å²) in [5, 5.41) is 0.826. The van der Waals surface area contributed by atoms with Crippen molar-refractivity contribution in [3.8, 4) is 5.75 Å². The third-order valence-electron chi connectivity index (χ3n) is 3.54. The number of fused-ring (bicyclic) bond motifs is 1. The zero-order valence-electron chi connectivity index (χ0n) is 12.1. The highest BCUT2D eigenvalue weighted by Crippen LogP contribution is 2.24. The first-order valence-corrected chi connectivity index (χ1v) is 6.85. The smallest absolute Gasteiger partial charge is 0.204 e. The van der Waals surface area contributed by atoms with E-state index in [9.17, 15) is 4.79 Å². The zero-order valence-corrected chi connectivity index (χ0v) is 12.1. The number of Topliss-reactive ketones (excluding diaryl/α,β-unsaturated/α-hetero) is 1. The summed E-state index contributed by atoms with van der Waals surface area (Å²) in [6.07, 6.45) is 1.50. The van der Waals surface area contributed by atoms with Gasteiger partial charge >= 0.3 is 0 Å². The molecule has 1 aromatic heterocycles. The minimum absolute atomic E-state index is 0.00915. The van der Waals surface area contributed by atoms with E-state index in [1.807, 2.05) is 56.3 Å². The molecule has 0 aliphatic carbocycles. The van der Waals surface area contributed by atoms with Crippen LogP contribution < -0.4 is 4.74 Å². The molecule has 3 heteroatoms. The van der Waals surface area contributed by atoms with E-state index in [0.29, 0.717) is 11.1 Å². The molecule has 1 heterocycles. The van der Waals surface area contributed by atoms with Crippen LogP contribution in [-0.2, 0) is 0 Å². The van der Waals surface area contributed by atoms with E-state index in [2.05, 4.69) is 0 Å². The lowest BCUT2D eigenvalue weighted by Crippen LogP contribution is -2.12. The molecule has 0 N–H and O–H groups in total. The molecular weight excluding hydrogens is 264 g/mol. The maximum Gasteiger partial charge on any atom is 0.204 e. The molecule has 0 aliphatic heterocycles. The van der Waals surface area contributed by atoms with Gasteiger partial charge in [-0.3, -0.25) is 4.79 Å². The number of carbonyl (C=O) groups excluding carboxylic acids is 1. The Hall–Kier alpha value is -2.55. The van der Waals surface area contributed by atoms with Gasteiger partial charge in [-0.1, -0.05) is 36.4 Å². The van der Waals surface area contributed by atoms with Gasteiger partial charge in [-0.15, -0.1) is 0 Å². The van der Waals surface area contributed by atoms with Crippen LogP contribution in [0.1, 0.15) is 21.5 Å². The zero-order chi connectivity index (χ0) is 14.8. The number of furan rings is 1. The molecular formula is C18H16O3. The van der Waals surface area contributed by atoms with Gasteiger partial charge in [-0.25, -0.2) is 0 Å². The maximum atomic E-state index is 12.3. The number of hydrogen-bond donors (Lipinski definition) is 0. The summed E-state index contributed by atoms with van der Waals surface area (Å²) in [4.78, 5) is 12.3. The highest BCUT2D eigenvalue weighted by atomic mass is 16.5. The number of carbonyl (C=O) groups is 1. The molecule has 0 fully saturated rings. The summed E-state index contributed by atoms with van der Waals surface area (Å²) in [5.41, 5.74) is 3.34. The number of ketones is 1. The van der Waals surface area contributed by atoms with Crippen molar-refractivity contribution in [3.63, 3.8) is 0 Å². The Labute approximate surface area is 123 Å². The van der Waals surface area contributed by atoms with Gasteiger partial charge < -0.3 is 9.15 Å². The third-order valence-corrected chi connectivity index (χ3v) is 3.54. The van der Waals surface area contributed by atoms with Crippen molar-refractivity contribution >= 4 is 16.8 Å². The van der Waals surface area contributed by atoms with E-state index in [-0.39, 0.29) is 12.4 Å². The van der Waals surface area contributed by atoms with Gasteiger partial charge in [0.1, 0.15) is 17.6 Å². The van der Waals surface area contributed by atoms with Crippen LogP contribution in [0.5, 0.6) is 5.75 Å². The van der Waals surface area contributed by atoms with E-state index in [1.54, 1.807) is 0 Å². The number of para-hydroxylation sites is 2. The monoisotopic (exact) mass is 280 g/mol. The normalized spacial score (nSPS) is 10.8. The first-order chi connectivity index (χ1) is 10.2. The first kappa shape index (κ1) is 13.4. The largest absolute Gasteiger partial charge is 0.485 e. The van der Waals surface area contributed by atoms with Crippen molar-refractivity contribution in [3.05, 3.63) is 65.4 Å². The molecule has 3 aromatic rings. The lowest BCUT2D eigenvalue weighted by atomic mass is 10.1. The van der Waals surface area contributed by atoms with Gasteiger partial charge in [0.2, 0.25) is 5.78 Å². The van der Waals surface area contributed by atoms with Crippen molar-refractivity contribution in [1.29, 1.82) is 0 Å². The molecule has 21 heavy (non-hydrogen) atoms. The van der Waals surface area contributed by atoms with E-state index in [4.69, 9.17) is 9.15 Å². The minimum Gasteiger partial charge on any atom is -0.485 e. The van der Waals surface area contributed by atoms with Gasteiger partial charge in [0, 0.05) is 5.39 Å². The van der Waals surface area contributed by atoms with Crippen molar-refractivity contribution in [2.24, 2.45) is 0 Å². The number of rotatable bonds is 4. The summed E-state index contributed by atoms with van der Waals surface area (Å²) >= 11 is 0. The molecule has 0 saturated heterocycles. The van der Waals surface area contributed by atoms with Gasteiger partial charge in [0.25, 0.3) is 0 Å². The lowest BCUT2D eigenvalue weighted by molar-refractivity contribution is 0.0921. The topological polar surface area (TPSA) is 39.4 Å². The number of benzene rings is 2. The SMILES string of the molecule is Cc1cccc(C)c1OCC(=O)c1coc2ccccc12. The molecule has 2 aromatic carbocycles. The van der Waals surface area contributed by atoms with Crippen molar-refractivity contribution in [2.75, 3.05) is 6.61 Å². The molecule has 0 saturated carbocycles.